The maximum atomic E-state index is 13.6. The van der Waals surface area contributed by atoms with Gasteiger partial charge in [-0.3, -0.25) is 9.10 Å². The van der Waals surface area contributed by atoms with Crippen LogP contribution in [0.25, 0.3) is 0 Å². The Morgan fingerprint density at radius 2 is 1.66 bits per heavy atom. The second-order valence-electron chi connectivity index (χ2n) is 9.53. The molecule has 0 radical (unpaired) electrons. The standard InChI is InChI=1S/C27H29ClN2O4S/c1-18-5-12-22(13-6-18)35(32,33)30(21-10-8-20(28)9-11-21)17-26(31)29-24-16-27(3,4)34-25-14-7-19(2)15-23(24)25/h5-15,24H,16-17H2,1-4H3,(H,29,31). The molecule has 1 amide bonds. The summed E-state index contributed by atoms with van der Waals surface area (Å²) in [6.45, 7) is 7.43. The van der Waals surface area contributed by atoms with Gasteiger partial charge in [0.2, 0.25) is 5.91 Å². The fraction of sp³-hybridized carbons (Fsp3) is 0.296. The van der Waals surface area contributed by atoms with Gasteiger partial charge in [-0.25, -0.2) is 8.42 Å². The van der Waals surface area contributed by atoms with Crippen LogP contribution in [-0.4, -0.2) is 26.5 Å². The first kappa shape index (κ1) is 25.1. The Balaban J connectivity index is 1.65. The van der Waals surface area contributed by atoms with Crippen LogP contribution in [0.2, 0.25) is 5.02 Å². The average molecular weight is 513 g/mol. The van der Waals surface area contributed by atoms with Crippen LogP contribution in [-0.2, 0) is 14.8 Å². The smallest absolute Gasteiger partial charge is 0.264 e. The number of hydrogen-bond acceptors (Lipinski definition) is 4. The largest absolute Gasteiger partial charge is 0.487 e. The normalized spacial score (nSPS) is 16.7. The number of nitrogens with one attached hydrogen (secondary N) is 1. The number of benzene rings is 3. The minimum Gasteiger partial charge on any atom is -0.487 e. The molecule has 3 aromatic rings. The number of sulfonamides is 1. The SMILES string of the molecule is Cc1ccc(S(=O)(=O)N(CC(=O)NC2CC(C)(C)Oc3ccc(C)cc32)c2ccc(Cl)cc2)cc1. The molecule has 1 heterocycles. The van der Waals surface area contributed by atoms with Crippen molar-refractivity contribution in [3.63, 3.8) is 0 Å². The van der Waals surface area contributed by atoms with Crippen molar-refractivity contribution in [1.82, 2.24) is 5.32 Å². The molecule has 1 aliphatic rings. The third-order valence-electron chi connectivity index (χ3n) is 5.97. The van der Waals surface area contributed by atoms with Crippen molar-refractivity contribution in [3.8, 4) is 5.75 Å². The molecule has 4 rings (SSSR count). The van der Waals surface area contributed by atoms with Crippen LogP contribution in [0.1, 0.15) is 43.0 Å². The molecule has 1 unspecified atom stereocenters. The van der Waals surface area contributed by atoms with Gasteiger partial charge in [0.15, 0.2) is 0 Å². The van der Waals surface area contributed by atoms with Crippen LogP contribution in [0.3, 0.4) is 0 Å². The molecule has 0 saturated heterocycles. The van der Waals surface area contributed by atoms with E-state index < -0.39 is 21.5 Å². The van der Waals surface area contributed by atoms with Crippen molar-refractivity contribution >= 4 is 33.2 Å². The summed E-state index contributed by atoms with van der Waals surface area (Å²) in [5.74, 6) is 0.310. The monoisotopic (exact) mass is 512 g/mol. The Bertz CT molecular complexity index is 1340. The molecule has 35 heavy (non-hydrogen) atoms. The van der Waals surface area contributed by atoms with Gasteiger partial charge in [0.1, 0.15) is 17.9 Å². The number of carbonyl (C=O) groups excluding carboxylic acids is 1. The number of halogens is 1. The first-order valence-electron chi connectivity index (χ1n) is 11.4. The number of hydrogen-bond donors (Lipinski definition) is 1. The fourth-order valence-electron chi connectivity index (χ4n) is 4.23. The zero-order chi connectivity index (χ0) is 25.4. The third-order valence-corrected chi connectivity index (χ3v) is 8.01. The number of aryl methyl sites for hydroxylation is 2. The molecule has 3 aromatic carbocycles. The van der Waals surface area contributed by atoms with Crippen LogP contribution in [0.15, 0.2) is 71.6 Å². The molecular weight excluding hydrogens is 484 g/mol. The van der Waals surface area contributed by atoms with E-state index in [-0.39, 0.29) is 17.5 Å². The summed E-state index contributed by atoms with van der Waals surface area (Å²) in [6, 6.07) is 18.5. The predicted molar refractivity (Wildman–Crippen MR) is 139 cm³/mol. The molecule has 0 spiro atoms. The highest BCUT2D eigenvalue weighted by Gasteiger charge is 2.35. The molecule has 0 saturated carbocycles. The lowest BCUT2D eigenvalue weighted by molar-refractivity contribution is -0.120. The molecule has 184 valence electrons. The van der Waals surface area contributed by atoms with Crippen molar-refractivity contribution in [2.75, 3.05) is 10.8 Å². The van der Waals surface area contributed by atoms with Gasteiger partial charge in [-0.1, -0.05) is 47.0 Å². The van der Waals surface area contributed by atoms with Crippen LogP contribution in [0, 0.1) is 13.8 Å². The van der Waals surface area contributed by atoms with E-state index >= 15 is 0 Å². The highest BCUT2D eigenvalue weighted by Crippen LogP contribution is 2.40. The van der Waals surface area contributed by atoms with Crippen molar-refractivity contribution in [2.24, 2.45) is 0 Å². The Hall–Kier alpha value is -3.03. The number of fused-ring (bicyclic) bond motifs is 1. The van der Waals surface area contributed by atoms with Crippen molar-refractivity contribution < 1.29 is 17.9 Å². The highest BCUT2D eigenvalue weighted by molar-refractivity contribution is 7.92. The maximum Gasteiger partial charge on any atom is 0.264 e. The topological polar surface area (TPSA) is 75.7 Å². The van der Waals surface area contributed by atoms with Crippen molar-refractivity contribution in [1.29, 1.82) is 0 Å². The predicted octanol–water partition coefficient (Wildman–Crippen LogP) is 5.57. The van der Waals surface area contributed by atoms with E-state index in [1.165, 1.54) is 0 Å². The minimum absolute atomic E-state index is 0.110. The number of amides is 1. The Morgan fingerprint density at radius 3 is 2.31 bits per heavy atom. The summed E-state index contributed by atoms with van der Waals surface area (Å²) in [7, 11) is -4.00. The van der Waals surface area contributed by atoms with Crippen LogP contribution in [0.4, 0.5) is 5.69 Å². The molecule has 0 fully saturated rings. The molecule has 0 aromatic heterocycles. The molecule has 1 atom stereocenters. The second kappa shape index (κ2) is 9.55. The summed E-state index contributed by atoms with van der Waals surface area (Å²) in [6.07, 6.45) is 0.556. The summed E-state index contributed by atoms with van der Waals surface area (Å²) < 4.78 is 34.4. The van der Waals surface area contributed by atoms with Crippen LogP contribution < -0.4 is 14.4 Å². The first-order chi connectivity index (χ1) is 16.4. The van der Waals surface area contributed by atoms with Gasteiger partial charge in [0.05, 0.1) is 16.6 Å². The number of nitrogens with zero attached hydrogens (tertiary/aromatic N) is 1. The third kappa shape index (κ3) is 5.63. The molecule has 0 aliphatic carbocycles. The van der Waals surface area contributed by atoms with Gasteiger partial charge in [-0.15, -0.1) is 0 Å². The molecule has 0 bridgehead atoms. The summed E-state index contributed by atoms with van der Waals surface area (Å²) >= 11 is 6.03. The quantitative estimate of drug-likeness (QED) is 0.468. The van der Waals surface area contributed by atoms with Crippen molar-refractivity contribution in [2.45, 2.75) is 50.7 Å². The lowest BCUT2D eigenvalue weighted by Crippen LogP contribution is -2.45. The summed E-state index contributed by atoms with van der Waals surface area (Å²) in [4.78, 5) is 13.4. The molecule has 1 aliphatic heterocycles. The van der Waals surface area contributed by atoms with E-state index in [2.05, 4.69) is 5.32 Å². The van der Waals surface area contributed by atoms with E-state index in [1.54, 1.807) is 48.5 Å². The second-order valence-corrected chi connectivity index (χ2v) is 11.8. The van der Waals surface area contributed by atoms with E-state index in [0.29, 0.717) is 17.1 Å². The summed E-state index contributed by atoms with van der Waals surface area (Å²) in [5.41, 5.74) is 2.75. The van der Waals surface area contributed by atoms with E-state index in [1.807, 2.05) is 45.9 Å². The lowest BCUT2D eigenvalue weighted by atomic mass is 9.89. The first-order valence-corrected chi connectivity index (χ1v) is 13.2. The molecule has 1 N–H and O–H groups in total. The zero-order valence-corrected chi connectivity index (χ0v) is 21.8. The number of rotatable bonds is 6. The lowest BCUT2D eigenvalue weighted by Gasteiger charge is -2.38. The van der Waals surface area contributed by atoms with Crippen molar-refractivity contribution in [3.05, 3.63) is 88.4 Å². The zero-order valence-electron chi connectivity index (χ0n) is 20.2. The van der Waals surface area contributed by atoms with Gasteiger partial charge in [-0.05, 0) is 70.2 Å². The van der Waals surface area contributed by atoms with E-state index in [4.69, 9.17) is 16.3 Å². The highest BCUT2D eigenvalue weighted by atomic mass is 35.5. The van der Waals surface area contributed by atoms with Gasteiger partial charge >= 0.3 is 0 Å². The molecule has 6 nitrogen and oxygen atoms in total. The average Bonchev–Trinajstić information content (AvgIpc) is 2.78. The Morgan fingerprint density at radius 1 is 1.03 bits per heavy atom. The van der Waals surface area contributed by atoms with Crippen LogP contribution >= 0.6 is 11.6 Å². The number of anilines is 1. The maximum absolute atomic E-state index is 13.6. The van der Waals surface area contributed by atoms with Gasteiger partial charge < -0.3 is 10.1 Å². The number of carbonyl (C=O) groups is 1. The van der Waals surface area contributed by atoms with Gasteiger partial charge in [0, 0.05) is 17.0 Å². The van der Waals surface area contributed by atoms with Gasteiger partial charge in [0.25, 0.3) is 10.0 Å². The summed E-state index contributed by atoms with van der Waals surface area (Å²) in [5, 5.41) is 3.53. The van der Waals surface area contributed by atoms with Gasteiger partial charge in [-0.2, -0.15) is 0 Å². The Labute approximate surface area is 211 Å². The molecule has 8 heteroatoms. The minimum atomic E-state index is -4.00. The molecular formula is C27H29ClN2O4S. The van der Waals surface area contributed by atoms with E-state index in [9.17, 15) is 13.2 Å². The van der Waals surface area contributed by atoms with Crippen LogP contribution in [0.5, 0.6) is 5.75 Å². The fourth-order valence-corrected chi connectivity index (χ4v) is 5.78. The Kier molecular flexibility index (Phi) is 6.84. The van der Waals surface area contributed by atoms with E-state index in [0.717, 1.165) is 26.7 Å². The number of ether oxygens (including phenoxy) is 1.